The van der Waals surface area contributed by atoms with E-state index in [4.69, 9.17) is 10.5 Å². The van der Waals surface area contributed by atoms with Gasteiger partial charge in [-0.05, 0) is 12.1 Å². The van der Waals surface area contributed by atoms with E-state index in [0.717, 1.165) is 10.2 Å². The third-order valence-electron chi connectivity index (χ3n) is 3.38. The SMILES string of the molecule is NC(=O)C1CN(CC(=O)Nc2nc3ccccc3s2)CCO1. The summed E-state index contributed by atoms with van der Waals surface area (Å²) in [6.45, 7) is 1.50. The second-order valence-corrected chi connectivity index (χ2v) is 6.06. The summed E-state index contributed by atoms with van der Waals surface area (Å²) >= 11 is 1.43. The fourth-order valence-corrected chi connectivity index (χ4v) is 3.19. The summed E-state index contributed by atoms with van der Waals surface area (Å²) in [5, 5.41) is 3.37. The van der Waals surface area contributed by atoms with Crippen molar-refractivity contribution in [3.63, 3.8) is 0 Å². The van der Waals surface area contributed by atoms with Crippen molar-refractivity contribution in [1.29, 1.82) is 0 Å². The van der Waals surface area contributed by atoms with Gasteiger partial charge in [0.15, 0.2) is 5.13 Å². The normalized spacial score (nSPS) is 19.2. The summed E-state index contributed by atoms with van der Waals surface area (Å²) in [7, 11) is 0. The molecule has 0 radical (unpaired) electrons. The zero-order valence-electron chi connectivity index (χ0n) is 11.8. The number of benzene rings is 1. The molecule has 116 valence electrons. The first-order chi connectivity index (χ1) is 10.6. The van der Waals surface area contributed by atoms with Crippen molar-refractivity contribution in [2.45, 2.75) is 6.10 Å². The fraction of sp³-hybridized carbons (Fsp3) is 0.357. The number of hydrogen-bond acceptors (Lipinski definition) is 6. The molecule has 0 bridgehead atoms. The number of nitrogens with one attached hydrogen (secondary N) is 1. The molecule has 1 aliphatic heterocycles. The van der Waals surface area contributed by atoms with Gasteiger partial charge in [-0.2, -0.15) is 0 Å². The second kappa shape index (κ2) is 6.39. The number of carbonyl (C=O) groups is 2. The number of fused-ring (bicyclic) bond motifs is 1. The zero-order valence-corrected chi connectivity index (χ0v) is 12.6. The standard InChI is InChI=1S/C14H16N4O3S/c15-13(20)10-7-18(5-6-21-10)8-12(19)17-14-16-9-3-1-2-4-11(9)22-14/h1-4,10H,5-8H2,(H2,15,20)(H,16,17,19). The number of nitrogens with two attached hydrogens (primary N) is 1. The first-order valence-electron chi connectivity index (χ1n) is 6.90. The first kappa shape index (κ1) is 14.9. The molecule has 1 unspecified atom stereocenters. The number of morpholine rings is 1. The molecule has 3 rings (SSSR count). The average molecular weight is 320 g/mol. The van der Waals surface area contributed by atoms with Crippen molar-refractivity contribution in [1.82, 2.24) is 9.88 Å². The molecule has 3 N–H and O–H groups in total. The summed E-state index contributed by atoms with van der Waals surface area (Å²) in [6.07, 6.45) is -0.649. The van der Waals surface area contributed by atoms with Crippen LogP contribution in [0.1, 0.15) is 0 Å². The Morgan fingerprint density at radius 3 is 3.05 bits per heavy atom. The largest absolute Gasteiger partial charge is 0.367 e. The fourth-order valence-electron chi connectivity index (χ4n) is 2.31. The number of carbonyl (C=O) groups excluding carboxylic acids is 2. The van der Waals surface area contributed by atoms with Gasteiger partial charge >= 0.3 is 0 Å². The molecule has 1 aromatic heterocycles. The summed E-state index contributed by atoms with van der Waals surface area (Å²) < 4.78 is 6.28. The van der Waals surface area contributed by atoms with E-state index in [9.17, 15) is 9.59 Å². The number of aromatic nitrogens is 1. The molecule has 0 saturated carbocycles. The van der Waals surface area contributed by atoms with Crippen molar-refractivity contribution in [2.75, 3.05) is 31.6 Å². The lowest BCUT2D eigenvalue weighted by Gasteiger charge is -2.30. The van der Waals surface area contributed by atoms with Crippen LogP contribution in [0.15, 0.2) is 24.3 Å². The van der Waals surface area contributed by atoms with E-state index in [1.165, 1.54) is 11.3 Å². The monoisotopic (exact) mass is 320 g/mol. The van der Waals surface area contributed by atoms with Crippen LogP contribution in [0.2, 0.25) is 0 Å². The van der Waals surface area contributed by atoms with E-state index < -0.39 is 12.0 Å². The Morgan fingerprint density at radius 1 is 1.45 bits per heavy atom. The van der Waals surface area contributed by atoms with Crippen LogP contribution in [0, 0.1) is 0 Å². The number of thiazole rings is 1. The molecule has 2 heterocycles. The van der Waals surface area contributed by atoms with E-state index in [2.05, 4.69) is 10.3 Å². The average Bonchev–Trinajstić information content (AvgIpc) is 2.89. The van der Waals surface area contributed by atoms with Gasteiger partial charge in [0.05, 0.1) is 23.4 Å². The molecule has 1 fully saturated rings. The molecule has 0 aliphatic carbocycles. The Hall–Kier alpha value is -2.03. The van der Waals surface area contributed by atoms with Gasteiger partial charge in [0, 0.05) is 13.1 Å². The van der Waals surface area contributed by atoms with E-state index >= 15 is 0 Å². The predicted molar refractivity (Wildman–Crippen MR) is 83.6 cm³/mol. The number of amides is 2. The van der Waals surface area contributed by atoms with Gasteiger partial charge in [0.1, 0.15) is 6.10 Å². The van der Waals surface area contributed by atoms with Crippen LogP contribution in [0.5, 0.6) is 0 Å². The van der Waals surface area contributed by atoms with Crippen molar-refractivity contribution >= 4 is 38.5 Å². The minimum Gasteiger partial charge on any atom is -0.367 e. The van der Waals surface area contributed by atoms with Gasteiger partial charge in [0.2, 0.25) is 11.8 Å². The van der Waals surface area contributed by atoms with Crippen LogP contribution < -0.4 is 11.1 Å². The molecule has 2 aromatic rings. The van der Waals surface area contributed by atoms with Crippen molar-refractivity contribution < 1.29 is 14.3 Å². The molecule has 1 saturated heterocycles. The van der Waals surface area contributed by atoms with Crippen molar-refractivity contribution in [2.24, 2.45) is 5.73 Å². The van der Waals surface area contributed by atoms with Gasteiger partial charge in [-0.3, -0.25) is 14.5 Å². The Kier molecular flexibility index (Phi) is 4.32. The van der Waals surface area contributed by atoms with Gasteiger partial charge in [-0.15, -0.1) is 0 Å². The maximum Gasteiger partial charge on any atom is 0.247 e. The Morgan fingerprint density at radius 2 is 2.27 bits per heavy atom. The maximum absolute atomic E-state index is 12.1. The third kappa shape index (κ3) is 3.41. The molecule has 7 nitrogen and oxygen atoms in total. The Balaban J connectivity index is 1.59. The van der Waals surface area contributed by atoms with E-state index in [1.807, 2.05) is 29.2 Å². The quantitative estimate of drug-likeness (QED) is 0.851. The van der Waals surface area contributed by atoms with E-state index in [-0.39, 0.29) is 12.5 Å². The minimum absolute atomic E-state index is 0.163. The number of primary amides is 1. The van der Waals surface area contributed by atoms with Crippen LogP contribution in [0.4, 0.5) is 5.13 Å². The lowest BCUT2D eigenvalue weighted by molar-refractivity contribution is -0.136. The van der Waals surface area contributed by atoms with Crippen LogP contribution in [-0.4, -0.2) is 54.0 Å². The molecule has 0 spiro atoms. The summed E-state index contributed by atoms with van der Waals surface area (Å²) in [5.74, 6) is -0.666. The molecule has 22 heavy (non-hydrogen) atoms. The van der Waals surface area contributed by atoms with Gasteiger partial charge < -0.3 is 15.8 Å². The highest BCUT2D eigenvalue weighted by Gasteiger charge is 2.26. The molecule has 8 heteroatoms. The minimum atomic E-state index is -0.649. The van der Waals surface area contributed by atoms with Crippen molar-refractivity contribution in [3.8, 4) is 0 Å². The highest BCUT2D eigenvalue weighted by molar-refractivity contribution is 7.22. The number of ether oxygens (including phenoxy) is 1. The molecular formula is C14H16N4O3S. The third-order valence-corrected chi connectivity index (χ3v) is 4.33. The number of rotatable bonds is 4. The van der Waals surface area contributed by atoms with Gasteiger partial charge in [-0.25, -0.2) is 4.98 Å². The van der Waals surface area contributed by atoms with E-state index in [1.54, 1.807) is 0 Å². The first-order valence-corrected chi connectivity index (χ1v) is 7.72. The molecule has 2 amide bonds. The zero-order chi connectivity index (χ0) is 15.5. The summed E-state index contributed by atoms with van der Waals surface area (Å²) in [6, 6.07) is 7.71. The number of hydrogen-bond donors (Lipinski definition) is 2. The number of para-hydroxylation sites is 1. The van der Waals surface area contributed by atoms with Gasteiger partial charge in [-0.1, -0.05) is 23.5 Å². The lowest BCUT2D eigenvalue weighted by Crippen LogP contribution is -2.50. The predicted octanol–water partition coefficient (Wildman–Crippen LogP) is 0.421. The van der Waals surface area contributed by atoms with Crippen LogP contribution in [0.3, 0.4) is 0 Å². The van der Waals surface area contributed by atoms with Crippen molar-refractivity contribution in [3.05, 3.63) is 24.3 Å². The molecule has 1 aromatic carbocycles. The molecule has 1 aliphatic rings. The molecule has 1 atom stereocenters. The summed E-state index contributed by atoms with van der Waals surface area (Å²) in [5.41, 5.74) is 6.09. The van der Waals surface area contributed by atoms with E-state index in [0.29, 0.717) is 24.8 Å². The maximum atomic E-state index is 12.1. The number of nitrogens with zero attached hydrogens (tertiary/aromatic N) is 2. The van der Waals surface area contributed by atoms with Gasteiger partial charge in [0.25, 0.3) is 0 Å². The topological polar surface area (TPSA) is 97.6 Å². The van der Waals surface area contributed by atoms with Crippen LogP contribution >= 0.6 is 11.3 Å². The molecular weight excluding hydrogens is 304 g/mol. The highest BCUT2D eigenvalue weighted by Crippen LogP contribution is 2.25. The van der Waals surface area contributed by atoms with Crippen LogP contribution in [0.25, 0.3) is 10.2 Å². The smallest absolute Gasteiger partial charge is 0.247 e. The summed E-state index contributed by atoms with van der Waals surface area (Å²) in [4.78, 5) is 29.4. The lowest BCUT2D eigenvalue weighted by atomic mass is 10.2. The Bertz CT molecular complexity index is 669. The number of anilines is 1. The van der Waals surface area contributed by atoms with Crippen LogP contribution in [-0.2, 0) is 14.3 Å². The Labute approximate surface area is 131 Å². The highest BCUT2D eigenvalue weighted by atomic mass is 32.1. The second-order valence-electron chi connectivity index (χ2n) is 5.03.